The second kappa shape index (κ2) is 6.84. The number of ketones is 1. The average molecular weight is 337 g/mol. The molecule has 3 heterocycles. The number of carbonyl (C=O) groups is 2. The highest BCUT2D eigenvalue weighted by molar-refractivity contribution is 6.09. The highest BCUT2D eigenvalue weighted by atomic mass is 16.3. The fourth-order valence-corrected chi connectivity index (χ4v) is 2.96. The van der Waals surface area contributed by atoms with Gasteiger partial charge in [-0.1, -0.05) is 19.9 Å². The zero-order valence-corrected chi connectivity index (χ0v) is 14.1. The van der Waals surface area contributed by atoms with E-state index in [2.05, 4.69) is 9.97 Å². The lowest BCUT2D eigenvalue weighted by molar-refractivity contribution is -0.130. The highest BCUT2D eigenvalue weighted by Gasteiger charge is 2.43. The van der Waals surface area contributed by atoms with Gasteiger partial charge in [0.05, 0.1) is 11.6 Å². The Morgan fingerprint density at radius 3 is 2.52 bits per heavy atom. The number of nitrogens with zero attached hydrogens (tertiary/aromatic N) is 3. The van der Waals surface area contributed by atoms with Crippen LogP contribution in [0.5, 0.6) is 0 Å². The third-order valence-electron chi connectivity index (χ3n) is 4.19. The molecule has 0 saturated carbocycles. The molecule has 1 aliphatic heterocycles. The van der Waals surface area contributed by atoms with Crippen molar-refractivity contribution in [2.75, 3.05) is 0 Å². The fourth-order valence-electron chi connectivity index (χ4n) is 2.96. The van der Waals surface area contributed by atoms with Gasteiger partial charge < -0.3 is 10.0 Å². The first-order valence-electron chi connectivity index (χ1n) is 8.07. The number of pyridine rings is 2. The molecule has 0 saturated heterocycles. The number of Topliss-reactive ketones (excluding diaryl/α,β-unsaturated/α-hetero) is 1. The summed E-state index contributed by atoms with van der Waals surface area (Å²) in [5.74, 6) is -1.58. The molecule has 2 aromatic heterocycles. The molecule has 1 aliphatic rings. The van der Waals surface area contributed by atoms with Crippen LogP contribution in [0, 0.1) is 5.92 Å². The molecule has 25 heavy (non-hydrogen) atoms. The molecular formula is C19H19N3O3. The molecule has 1 amide bonds. The van der Waals surface area contributed by atoms with Crippen molar-refractivity contribution in [1.29, 1.82) is 0 Å². The maximum atomic E-state index is 12.7. The van der Waals surface area contributed by atoms with Crippen LogP contribution >= 0.6 is 0 Å². The molecule has 1 N–H and O–H groups in total. The van der Waals surface area contributed by atoms with Crippen LogP contribution in [0.15, 0.2) is 60.4 Å². The minimum absolute atomic E-state index is 0.148. The van der Waals surface area contributed by atoms with Crippen molar-refractivity contribution in [3.63, 3.8) is 0 Å². The van der Waals surface area contributed by atoms with E-state index >= 15 is 0 Å². The van der Waals surface area contributed by atoms with Gasteiger partial charge in [-0.15, -0.1) is 0 Å². The van der Waals surface area contributed by atoms with Gasteiger partial charge in [0.25, 0.3) is 5.91 Å². The lowest BCUT2D eigenvalue weighted by Gasteiger charge is -2.27. The van der Waals surface area contributed by atoms with E-state index in [-0.39, 0.29) is 23.8 Å². The Morgan fingerprint density at radius 1 is 1.20 bits per heavy atom. The molecule has 2 aromatic rings. The molecule has 0 aliphatic carbocycles. The van der Waals surface area contributed by atoms with Crippen molar-refractivity contribution in [2.45, 2.75) is 26.4 Å². The summed E-state index contributed by atoms with van der Waals surface area (Å²) in [6.07, 6.45) is 6.53. The van der Waals surface area contributed by atoms with E-state index in [4.69, 9.17) is 0 Å². The van der Waals surface area contributed by atoms with Crippen LogP contribution in [-0.4, -0.2) is 31.7 Å². The van der Waals surface area contributed by atoms with Crippen LogP contribution in [-0.2, 0) is 16.1 Å². The lowest BCUT2D eigenvalue weighted by atomic mass is 9.91. The summed E-state index contributed by atoms with van der Waals surface area (Å²) < 4.78 is 0. The van der Waals surface area contributed by atoms with Gasteiger partial charge in [0.15, 0.2) is 11.5 Å². The van der Waals surface area contributed by atoms with E-state index in [1.54, 1.807) is 56.8 Å². The number of hydrogen-bond donors (Lipinski definition) is 1. The van der Waals surface area contributed by atoms with E-state index in [0.29, 0.717) is 0 Å². The molecule has 6 nitrogen and oxygen atoms in total. The second-order valence-corrected chi connectivity index (χ2v) is 6.26. The SMILES string of the molecule is CC(C)C(=O)C1=C(O)C(=O)N(Cc2cccnc2)C1c1ccncc1. The van der Waals surface area contributed by atoms with Crippen molar-refractivity contribution in [3.8, 4) is 0 Å². The van der Waals surface area contributed by atoms with Gasteiger partial charge >= 0.3 is 0 Å². The maximum Gasteiger partial charge on any atom is 0.290 e. The molecule has 0 bridgehead atoms. The van der Waals surface area contributed by atoms with Crippen molar-refractivity contribution < 1.29 is 14.7 Å². The Kier molecular flexibility index (Phi) is 4.61. The quantitative estimate of drug-likeness (QED) is 0.907. The molecule has 1 unspecified atom stereocenters. The Hall–Kier alpha value is -3.02. The van der Waals surface area contributed by atoms with Gasteiger partial charge in [-0.05, 0) is 29.3 Å². The summed E-state index contributed by atoms with van der Waals surface area (Å²) in [5.41, 5.74) is 1.70. The first kappa shape index (κ1) is 16.8. The topological polar surface area (TPSA) is 83.4 Å². The average Bonchev–Trinajstić information content (AvgIpc) is 2.87. The monoisotopic (exact) mass is 337 g/mol. The number of carbonyl (C=O) groups excluding carboxylic acids is 2. The third kappa shape index (κ3) is 3.15. The molecule has 0 fully saturated rings. The van der Waals surface area contributed by atoms with Crippen LogP contribution in [0.4, 0.5) is 0 Å². The van der Waals surface area contributed by atoms with Gasteiger partial charge in [-0.25, -0.2) is 0 Å². The molecular weight excluding hydrogens is 318 g/mol. The van der Waals surface area contributed by atoms with E-state index in [9.17, 15) is 14.7 Å². The van der Waals surface area contributed by atoms with Gasteiger partial charge in [0, 0.05) is 37.3 Å². The molecule has 0 aromatic carbocycles. The van der Waals surface area contributed by atoms with E-state index in [1.165, 1.54) is 4.90 Å². The zero-order chi connectivity index (χ0) is 18.0. The first-order valence-corrected chi connectivity index (χ1v) is 8.07. The van der Waals surface area contributed by atoms with Crippen molar-refractivity contribution in [1.82, 2.24) is 14.9 Å². The van der Waals surface area contributed by atoms with Gasteiger partial charge in [0.1, 0.15) is 0 Å². The van der Waals surface area contributed by atoms with E-state index in [1.807, 2.05) is 6.07 Å². The normalized spacial score (nSPS) is 17.5. The summed E-state index contributed by atoms with van der Waals surface area (Å²) in [5, 5.41) is 10.4. The van der Waals surface area contributed by atoms with Crippen LogP contribution in [0.25, 0.3) is 0 Å². The predicted octanol–water partition coefficient (Wildman–Crippen LogP) is 2.60. The van der Waals surface area contributed by atoms with Crippen LogP contribution in [0.1, 0.15) is 31.0 Å². The number of aromatic nitrogens is 2. The van der Waals surface area contributed by atoms with Gasteiger partial charge in [-0.2, -0.15) is 0 Å². The summed E-state index contributed by atoms with van der Waals surface area (Å²) in [7, 11) is 0. The summed E-state index contributed by atoms with van der Waals surface area (Å²) in [6, 6.07) is 6.50. The maximum absolute atomic E-state index is 12.7. The van der Waals surface area contributed by atoms with Crippen molar-refractivity contribution in [3.05, 3.63) is 71.5 Å². The molecule has 1 atom stereocenters. The smallest absolute Gasteiger partial charge is 0.290 e. The largest absolute Gasteiger partial charge is 0.503 e. The van der Waals surface area contributed by atoms with Gasteiger partial charge in [-0.3, -0.25) is 19.6 Å². The Balaban J connectivity index is 2.06. The minimum atomic E-state index is -0.634. The van der Waals surface area contributed by atoms with E-state index < -0.39 is 17.7 Å². The number of rotatable bonds is 5. The summed E-state index contributed by atoms with van der Waals surface area (Å²) in [4.78, 5) is 34.9. The predicted molar refractivity (Wildman–Crippen MR) is 91.3 cm³/mol. The van der Waals surface area contributed by atoms with Crippen molar-refractivity contribution >= 4 is 11.7 Å². The van der Waals surface area contributed by atoms with E-state index in [0.717, 1.165) is 11.1 Å². The van der Waals surface area contributed by atoms with Crippen molar-refractivity contribution in [2.24, 2.45) is 5.92 Å². The second-order valence-electron chi connectivity index (χ2n) is 6.26. The number of amides is 1. The molecule has 6 heteroatoms. The Bertz CT molecular complexity index is 816. The van der Waals surface area contributed by atoms with Crippen LogP contribution in [0.2, 0.25) is 0 Å². The minimum Gasteiger partial charge on any atom is -0.503 e. The first-order chi connectivity index (χ1) is 12.0. The van der Waals surface area contributed by atoms with Crippen LogP contribution in [0.3, 0.4) is 0 Å². The third-order valence-corrected chi connectivity index (χ3v) is 4.19. The summed E-state index contributed by atoms with van der Waals surface area (Å²) in [6.45, 7) is 3.75. The lowest BCUT2D eigenvalue weighted by Crippen LogP contribution is -2.31. The fraction of sp³-hybridized carbons (Fsp3) is 0.263. The molecule has 128 valence electrons. The Morgan fingerprint density at radius 2 is 1.92 bits per heavy atom. The number of aliphatic hydroxyl groups is 1. The molecule has 0 spiro atoms. The number of aliphatic hydroxyl groups excluding tert-OH is 1. The molecule has 0 radical (unpaired) electrons. The van der Waals surface area contributed by atoms with Crippen LogP contribution < -0.4 is 0 Å². The molecule has 3 rings (SSSR count). The zero-order valence-electron chi connectivity index (χ0n) is 14.1. The Labute approximate surface area is 145 Å². The van der Waals surface area contributed by atoms with Gasteiger partial charge in [0.2, 0.25) is 0 Å². The number of hydrogen-bond acceptors (Lipinski definition) is 5. The standard InChI is InChI=1S/C19H19N3O3/c1-12(2)17(23)15-16(14-5-8-20-9-6-14)22(19(25)18(15)24)11-13-4-3-7-21-10-13/h3-10,12,16,24H,11H2,1-2H3. The summed E-state index contributed by atoms with van der Waals surface area (Å²) >= 11 is 0. The highest BCUT2D eigenvalue weighted by Crippen LogP contribution is 2.39.